The number of nitrogens with zero attached hydrogens (tertiary/aromatic N) is 4. The molecule has 0 spiro atoms. The fourth-order valence-corrected chi connectivity index (χ4v) is 5.11. The molecule has 0 fully saturated rings. The second-order valence-corrected chi connectivity index (χ2v) is 10.4. The highest BCUT2D eigenvalue weighted by Crippen LogP contribution is 2.32. The molecule has 4 heterocycles. The average Bonchev–Trinajstić information content (AvgIpc) is 3.51. The smallest absolute Gasteiger partial charge is 0.227 e. The summed E-state index contributed by atoms with van der Waals surface area (Å²) in [6, 6.07) is 21.2. The number of aromatic nitrogens is 4. The van der Waals surface area contributed by atoms with Gasteiger partial charge < -0.3 is 21.3 Å². The Hall–Kier alpha value is -4.41. The van der Waals surface area contributed by atoms with Crippen molar-refractivity contribution in [3.63, 3.8) is 0 Å². The summed E-state index contributed by atoms with van der Waals surface area (Å²) in [6.07, 6.45) is 1.92. The molecule has 9 nitrogen and oxygen atoms in total. The highest BCUT2D eigenvalue weighted by atomic mass is 35.5. The Labute approximate surface area is 244 Å². The van der Waals surface area contributed by atoms with E-state index in [0.29, 0.717) is 55.5 Å². The van der Waals surface area contributed by atoms with Crippen LogP contribution in [0.4, 0.5) is 11.4 Å². The first kappa shape index (κ1) is 26.8. The quantitative estimate of drug-likeness (QED) is 0.188. The van der Waals surface area contributed by atoms with Crippen LogP contribution >= 0.6 is 23.2 Å². The minimum atomic E-state index is -1.20. The maximum atomic E-state index is 13.1. The lowest BCUT2D eigenvalue weighted by atomic mass is 10.0. The predicted molar refractivity (Wildman–Crippen MR) is 160 cm³/mol. The van der Waals surface area contributed by atoms with Gasteiger partial charge in [0.05, 0.1) is 41.5 Å². The molecule has 0 aliphatic carbocycles. The third-order valence-electron chi connectivity index (χ3n) is 6.76. The van der Waals surface area contributed by atoms with Crippen molar-refractivity contribution in [2.45, 2.75) is 19.1 Å². The van der Waals surface area contributed by atoms with Gasteiger partial charge in [-0.15, -0.1) is 0 Å². The van der Waals surface area contributed by atoms with Gasteiger partial charge >= 0.3 is 0 Å². The van der Waals surface area contributed by atoms with E-state index in [9.17, 15) is 15.0 Å². The minimum Gasteiger partial charge on any atom is -0.398 e. The van der Waals surface area contributed by atoms with Crippen LogP contribution in [0.5, 0.6) is 0 Å². The van der Waals surface area contributed by atoms with Gasteiger partial charge in [-0.3, -0.25) is 13.6 Å². The maximum Gasteiger partial charge on any atom is 0.227 e. The van der Waals surface area contributed by atoms with Gasteiger partial charge in [0.1, 0.15) is 17.4 Å². The molecule has 0 saturated carbocycles. The van der Waals surface area contributed by atoms with Gasteiger partial charge in [0.2, 0.25) is 5.91 Å². The zero-order chi connectivity index (χ0) is 28.7. The lowest BCUT2D eigenvalue weighted by molar-refractivity contribution is -0.118. The Kier molecular flexibility index (Phi) is 7.10. The standard InChI is InChI=1S/C30H24Cl2N6O3/c31-19-5-1-17(2-6-19)28-23(16-39)37-15-22(10-12-25(37)35-28)34-27(41)13-24(40)30-29(18-3-7-20(32)8-4-18)36-26-11-9-21(33)14-38(26)30/h1-12,14-15,24,39-40H,13,16,33H2,(H,34,41). The van der Waals surface area contributed by atoms with Crippen molar-refractivity contribution < 1.29 is 15.0 Å². The highest BCUT2D eigenvalue weighted by Gasteiger charge is 2.24. The first-order valence-corrected chi connectivity index (χ1v) is 13.5. The van der Waals surface area contributed by atoms with Gasteiger partial charge in [-0.25, -0.2) is 9.97 Å². The summed E-state index contributed by atoms with van der Waals surface area (Å²) in [7, 11) is 0. The molecular weight excluding hydrogens is 563 g/mol. The number of hydrogen-bond acceptors (Lipinski definition) is 6. The van der Waals surface area contributed by atoms with Crippen LogP contribution in [0.25, 0.3) is 33.8 Å². The lowest BCUT2D eigenvalue weighted by Crippen LogP contribution is -2.17. The van der Waals surface area contributed by atoms with Crippen molar-refractivity contribution in [2.75, 3.05) is 11.1 Å². The molecule has 206 valence electrons. The van der Waals surface area contributed by atoms with Crippen molar-refractivity contribution in [1.82, 2.24) is 18.8 Å². The van der Waals surface area contributed by atoms with E-state index in [1.807, 2.05) is 12.1 Å². The number of nitrogens with one attached hydrogen (secondary N) is 1. The first-order valence-electron chi connectivity index (χ1n) is 12.7. The predicted octanol–water partition coefficient (Wildman–Crippen LogP) is 5.76. The zero-order valence-corrected chi connectivity index (χ0v) is 23.0. The number of rotatable bonds is 7. The third-order valence-corrected chi connectivity index (χ3v) is 7.26. The molecule has 2 aromatic carbocycles. The number of anilines is 2. The van der Waals surface area contributed by atoms with E-state index in [2.05, 4.69) is 15.3 Å². The summed E-state index contributed by atoms with van der Waals surface area (Å²) >= 11 is 12.1. The van der Waals surface area contributed by atoms with Gasteiger partial charge in [0.15, 0.2) is 0 Å². The molecule has 1 amide bonds. The van der Waals surface area contributed by atoms with Crippen LogP contribution in [0.15, 0.2) is 85.2 Å². The van der Waals surface area contributed by atoms with Gasteiger partial charge in [-0.05, 0) is 48.5 Å². The molecule has 0 aliphatic heterocycles. The van der Waals surface area contributed by atoms with Crippen LogP contribution in [0, 0.1) is 0 Å². The number of pyridine rings is 2. The van der Waals surface area contributed by atoms with E-state index in [0.717, 1.165) is 11.1 Å². The molecule has 5 N–H and O–H groups in total. The van der Waals surface area contributed by atoms with Crippen molar-refractivity contribution in [2.24, 2.45) is 0 Å². The number of carbonyl (C=O) groups is 1. The third kappa shape index (κ3) is 5.23. The fraction of sp³-hybridized carbons (Fsp3) is 0.100. The average molecular weight is 587 g/mol. The largest absolute Gasteiger partial charge is 0.398 e. The minimum absolute atomic E-state index is 0.242. The molecular formula is C30H24Cl2N6O3. The first-order chi connectivity index (χ1) is 19.8. The summed E-state index contributed by atoms with van der Waals surface area (Å²) in [5.74, 6) is -0.415. The van der Waals surface area contributed by atoms with Crippen LogP contribution in [0.3, 0.4) is 0 Å². The zero-order valence-electron chi connectivity index (χ0n) is 21.5. The molecule has 6 aromatic rings. The Morgan fingerprint density at radius 2 is 1.41 bits per heavy atom. The van der Waals surface area contributed by atoms with Crippen LogP contribution < -0.4 is 11.1 Å². The number of nitrogen functional groups attached to an aromatic ring is 1. The summed E-state index contributed by atoms with van der Waals surface area (Å²) in [6.45, 7) is -0.264. The van der Waals surface area contributed by atoms with E-state index in [-0.39, 0.29) is 13.0 Å². The molecule has 0 radical (unpaired) electrons. The normalized spacial score (nSPS) is 12.2. The van der Waals surface area contributed by atoms with Gasteiger partial charge in [0.25, 0.3) is 0 Å². The van der Waals surface area contributed by atoms with E-state index in [1.165, 1.54) is 0 Å². The molecule has 11 heteroatoms. The maximum absolute atomic E-state index is 13.1. The SMILES string of the molecule is Nc1ccc2nc(-c3ccc(Cl)cc3)c(C(O)CC(=O)Nc3ccc4nc(-c5ccc(Cl)cc5)c(CO)n4c3)n2c1. The molecule has 0 aliphatic rings. The van der Waals surface area contributed by atoms with Crippen LogP contribution in [0.2, 0.25) is 10.0 Å². The topological polar surface area (TPSA) is 130 Å². The van der Waals surface area contributed by atoms with E-state index in [1.54, 1.807) is 81.9 Å². The number of fused-ring (bicyclic) bond motifs is 2. The number of carbonyl (C=O) groups excluding carboxylic acids is 1. The van der Waals surface area contributed by atoms with Gasteiger partial charge in [0, 0.05) is 39.3 Å². The number of imidazole rings is 2. The molecule has 1 atom stereocenters. The Balaban J connectivity index is 1.28. The molecule has 0 bridgehead atoms. The fourth-order valence-electron chi connectivity index (χ4n) is 4.86. The molecule has 6 rings (SSSR count). The number of hydrogen-bond donors (Lipinski definition) is 4. The molecule has 41 heavy (non-hydrogen) atoms. The van der Waals surface area contributed by atoms with E-state index < -0.39 is 12.0 Å². The summed E-state index contributed by atoms with van der Waals surface area (Å²) in [5, 5.41) is 25.4. The van der Waals surface area contributed by atoms with Crippen LogP contribution in [0.1, 0.15) is 23.9 Å². The summed E-state index contributed by atoms with van der Waals surface area (Å²) < 4.78 is 3.42. The number of halogens is 2. The summed E-state index contributed by atoms with van der Waals surface area (Å²) in [5.41, 5.74) is 11.9. The monoisotopic (exact) mass is 586 g/mol. The number of benzene rings is 2. The number of nitrogens with two attached hydrogens (primary N) is 1. The van der Waals surface area contributed by atoms with Crippen LogP contribution in [-0.2, 0) is 11.4 Å². The molecule has 0 saturated heterocycles. The van der Waals surface area contributed by atoms with Crippen molar-refractivity contribution in [3.8, 4) is 22.5 Å². The van der Waals surface area contributed by atoms with E-state index in [4.69, 9.17) is 28.9 Å². The second kappa shape index (κ2) is 10.9. The molecule has 4 aromatic heterocycles. The Morgan fingerprint density at radius 3 is 2.07 bits per heavy atom. The highest BCUT2D eigenvalue weighted by molar-refractivity contribution is 6.30. The van der Waals surface area contributed by atoms with Crippen molar-refractivity contribution in [3.05, 3.63) is 107 Å². The van der Waals surface area contributed by atoms with Crippen molar-refractivity contribution >= 4 is 51.8 Å². The van der Waals surface area contributed by atoms with Gasteiger partial charge in [-0.1, -0.05) is 47.5 Å². The Morgan fingerprint density at radius 1 is 0.829 bits per heavy atom. The number of amides is 1. The number of aliphatic hydroxyl groups excluding tert-OH is 2. The number of aliphatic hydroxyl groups is 2. The van der Waals surface area contributed by atoms with Gasteiger partial charge in [-0.2, -0.15) is 0 Å². The van der Waals surface area contributed by atoms with E-state index >= 15 is 0 Å². The van der Waals surface area contributed by atoms with Crippen LogP contribution in [-0.4, -0.2) is 34.9 Å². The second-order valence-electron chi connectivity index (χ2n) is 9.53. The molecule has 1 unspecified atom stereocenters. The van der Waals surface area contributed by atoms with Crippen molar-refractivity contribution in [1.29, 1.82) is 0 Å². The lowest BCUT2D eigenvalue weighted by Gasteiger charge is -2.14. The summed E-state index contributed by atoms with van der Waals surface area (Å²) in [4.78, 5) is 22.5. The Bertz CT molecular complexity index is 1900.